The molecule has 4 atom stereocenters. The van der Waals surface area contributed by atoms with Gasteiger partial charge in [-0.3, -0.25) is 4.79 Å². The molecule has 0 aromatic heterocycles. The van der Waals surface area contributed by atoms with Gasteiger partial charge in [0.25, 0.3) is 5.17 Å². The molecule has 4 unspecified atom stereocenters. The summed E-state index contributed by atoms with van der Waals surface area (Å²) in [7, 11) is 0. The van der Waals surface area contributed by atoms with Gasteiger partial charge in [0.05, 0.1) is 24.4 Å². The lowest BCUT2D eigenvalue weighted by molar-refractivity contribution is -0.138. The fraction of sp³-hybridized carbons (Fsp3) is 0.545. The van der Waals surface area contributed by atoms with Crippen molar-refractivity contribution in [3.05, 3.63) is 47.5 Å². The van der Waals surface area contributed by atoms with Crippen molar-refractivity contribution in [1.82, 2.24) is 5.32 Å². The molecule has 178 valence electrons. The van der Waals surface area contributed by atoms with Crippen LogP contribution in [-0.2, 0) is 22.3 Å². The van der Waals surface area contributed by atoms with Crippen molar-refractivity contribution in [3.63, 3.8) is 0 Å². The van der Waals surface area contributed by atoms with Crippen molar-refractivity contribution >= 4 is 23.4 Å². The number of aliphatic carboxylic acids is 1. The summed E-state index contributed by atoms with van der Waals surface area (Å²) in [6, 6.07) is 4.89. The van der Waals surface area contributed by atoms with E-state index in [0.717, 1.165) is 12.1 Å². The normalized spacial score (nSPS) is 23.4. The van der Waals surface area contributed by atoms with Crippen LogP contribution in [0, 0.1) is 11.8 Å². The first-order valence-corrected chi connectivity index (χ1v) is 10.8. The number of carboxylic acid groups (broad SMARTS) is 1. The second kappa shape index (κ2) is 12.2. The maximum absolute atomic E-state index is 12.8. The zero-order valence-corrected chi connectivity index (χ0v) is 18.2. The fourth-order valence-electron chi connectivity index (χ4n) is 3.73. The highest BCUT2D eigenvalue weighted by atomic mass is 32.1. The van der Waals surface area contributed by atoms with Gasteiger partial charge in [-0.1, -0.05) is 24.3 Å². The molecule has 4 N–H and O–H groups in total. The summed E-state index contributed by atoms with van der Waals surface area (Å²) in [4.78, 5) is 10.5. The number of nitrogens with one attached hydrogen (secondary N) is 1. The molecule has 2 rings (SSSR count). The van der Waals surface area contributed by atoms with E-state index < -0.39 is 29.9 Å². The topological polar surface area (TPSA) is 99.0 Å². The summed E-state index contributed by atoms with van der Waals surface area (Å²) >= 11 is 5.10. The van der Waals surface area contributed by atoms with E-state index in [0.29, 0.717) is 24.8 Å². The van der Waals surface area contributed by atoms with Crippen molar-refractivity contribution in [2.75, 3.05) is 6.61 Å². The van der Waals surface area contributed by atoms with Gasteiger partial charge < -0.3 is 25.4 Å². The van der Waals surface area contributed by atoms with Crippen molar-refractivity contribution in [1.29, 1.82) is 0 Å². The molecule has 1 fully saturated rings. The Labute approximate surface area is 190 Å². The number of carbonyl (C=O) groups is 1. The number of ether oxygens (including phenoxy) is 1. The lowest BCUT2D eigenvalue weighted by atomic mass is 9.91. The molecule has 0 bridgehead atoms. The van der Waals surface area contributed by atoms with E-state index >= 15 is 0 Å². The molecule has 1 saturated carbocycles. The highest BCUT2D eigenvalue weighted by Gasteiger charge is 2.41. The van der Waals surface area contributed by atoms with Gasteiger partial charge in [0.1, 0.15) is 0 Å². The lowest BCUT2D eigenvalue weighted by Crippen LogP contribution is -2.31. The van der Waals surface area contributed by atoms with Gasteiger partial charge in [0.15, 0.2) is 0 Å². The number of halogens is 3. The molecule has 0 amide bonds. The Morgan fingerprint density at radius 2 is 1.94 bits per heavy atom. The molecule has 10 heteroatoms. The summed E-state index contributed by atoms with van der Waals surface area (Å²) < 4.78 is 43.9. The molecule has 1 aliphatic rings. The molecule has 1 aromatic rings. The average molecular weight is 476 g/mol. The fourth-order valence-corrected chi connectivity index (χ4v) is 3.87. The van der Waals surface area contributed by atoms with E-state index in [-0.39, 0.29) is 43.0 Å². The number of hydrogen-bond donors (Lipinski definition) is 4. The van der Waals surface area contributed by atoms with Gasteiger partial charge in [0, 0.05) is 18.9 Å². The maximum Gasteiger partial charge on any atom is 0.416 e. The van der Waals surface area contributed by atoms with Gasteiger partial charge in [-0.25, -0.2) is 0 Å². The van der Waals surface area contributed by atoms with E-state index in [4.69, 9.17) is 22.1 Å². The third kappa shape index (κ3) is 8.40. The van der Waals surface area contributed by atoms with Crippen LogP contribution in [0.2, 0.25) is 0 Å². The minimum Gasteiger partial charge on any atom is -0.481 e. The first-order chi connectivity index (χ1) is 15.1. The van der Waals surface area contributed by atoms with Crippen molar-refractivity contribution in [2.45, 2.75) is 57.0 Å². The Kier molecular flexibility index (Phi) is 9.92. The standard InChI is InChI=1S/C22H28F3NO5S/c23-22(24,25)15-7-5-6-14(10-15)12-26-21(32)31-13-17-16(18(27)11-19(17)28)8-3-1-2-4-9-20(29)30/h1,3,5-7,10,16-19,27-28H,2,4,8-9,11-13H2,(H,26,32)(H,29,30)/b3-1+. The zero-order chi connectivity index (χ0) is 23.7. The van der Waals surface area contributed by atoms with Crippen LogP contribution in [0.15, 0.2) is 36.4 Å². The number of thiocarbonyl (C=S) groups is 1. The van der Waals surface area contributed by atoms with E-state index in [1.54, 1.807) is 6.07 Å². The number of unbranched alkanes of at least 4 members (excludes halogenated alkanes) is 1. The van der Waals surface area contributed by atoms with Crippen LogP contribution in [0.5, 0.6) is 0 Å². The van der Waals surface area contributed by atoms with Crippen LogP contribution in [-0.4, -0.2) is 45.3 Å². The summed E-state index contributed by atoms with van der Waals surface area (Å²) in [5, 5.41) is 31.9. The molecule has 0 radical (unpaired) electrons. The van der Waals surface area contributed by atoms with Crippen LogP contribution < -0.4 is 5.32 Å². The third-order valence-electron chi connectivity index (χ3n) is 5.46. The van der Waals surface area contributed by atoms with E-state index in [1.165, 1.54) is 6.07 Å². The van der Waals surface area contributed by atoms with Gasteiger partial charge in [0.2, 0.25) is 0 Å². The molecule has 0 saturated heterocycles. The Hall–Kier alpha value is -2.17. The van der Waals surface area contributed by atoms with Crippen molar-refractivity contribution in [2.24, 2.45) is 11.8 Å². The Balaban J connectivity index is 1.80. The Morgan fingerprint density at radius 3 is 2.62 bits per heavy atom. The minimum atomic E-state index is -4.42. The van der Waals surface area contributed by atoms with Gasteiger partial charge >= 0.3 is 12.1 Å². The predicted molar refractivity (Wildman–Crippen MR) is 116 cm³/mol. The minimum absolute atomic E-state index is 0.000959. The monoisotopic (exact) mass is 475 g/mol. The molecular weight excluding hydrogens is 447 g/mol. The van der Waals surface area contributed by atoms with Crippen LogP contribution in [0.25, 0.3) is 0 Å². The Morgan fingerprint density at radius 1 is 1.22 bits per heavy atom. The molecule has 0 heterocycles. The average Bonchev–Trinajstić information content (AvgIpc) is 2.99. The number of aliphatic hydroxyl groups is 2. The van der Waals surface area contributed by atoms with E-state index in [1.807, 2.05) is 12.2 Å². The number of aliphatic hydroxyl groups excluding tert-OH is 2. The lowest BCUT2D eigenvalue weighted by Gasteiger charge is -2.23. The quantitative estimate of drug-likeness (QED) is 0.233. The van der Waals surface area contributed by atoms with Crippen LogP contribution in [0.1, 0.15) is 43.2 Å². The highest BCUT2D eigenvalue weighted by Crippen LogP contribution is 2.35. The number of benzene rings is 1. The molecule has 1 aliphatic carbocycles. The SMILES string of the molecule is O=C(O)CCC/C=C/CC1C(O)CC(O)C1COC(=S)NCc1cccc(C(F)(F)F)c1. The third-order valence-corrected chi connectivity index (χ3v) is 5.72. The smallest absolute Gasteiger partial charge is 0.416 e. The molecular formula is C22H28F3NO5S. The molecule has 6 nitrogen and oxygen atoms in total. The van der Waals surface area contributed by atoms with Crippen molar-refractivity contribution < 1.29 is 38.0 Å². The zero-order valence-electron chi connectivity index (χ0n) is 17.4. The maximum atomic E-state index is 12.8. The molecule has 32 heavy (non-hydrogen) atoms. The summed E-state index contributed by atoms with van der Waals surface area (Å²) in [6.45, 7) is 0.116. The van der Waals surface area contributed by atoms with Crippen molar-refractivity contribution in [3.8, 4) is 0 Å². The summed E-state index contributed by atoms with van der Waals surface area (Å²) in [6.07, 6.45) is -0.203. The van der Waals surface area contributed by atoms with Crippen LogP contribution in [0.4, 0.5) is 13.2 Å². The second-order valence-electron chi connectivity index (χ2n) is 7.84. The van der Waals surface area contributed by atoms with E-state index in [2.05, 4.69) is 5.32 Å². The van der Waals surface area contributed by atoms with Crippen LogP contribution >= 0.6 is 12.2 Å². The number of carboxylic acids is 1. The predicted octanol–water partition coefficient (Wildman–Crippen LogP) is 3.66. The molecule has 0 aliphatic heterocycles. The molecule has 1 aromatic carbocycles. The Bertz CT molecular complexity index is 802. The van der Waals surface area contributed by atoms with Gasteiger partial charge in [-0.2, -0.15) is 13.2 Å². The number of hydrogen-bond acceptors (Lipinski definition) is 5. The largest absolute Gasteiger partial charge is 0.481 e. The van der Waals surface area contributed by atoms with Crippen LogP contribution in [0.3, 0.4) is 0 Å². The van der Waals surface area contributed by atoms with Gasteiger partial charge in [-0.05, 0) is 61.5 Å². The summed E-state index contributed by atoms with van der Waals surface area (Å²) in [5.41, 5.74) is -0.349. The highest BCUT2D eigenvalue weighted by molar-refractivity contribution is 7.80. The second-order valence-corrected chi connectivity index (χ2v) is 8.21. The molecule has 0 spiro atoms. The first-order valence-electron chi connectivity index (χ1n) is 10.4. The van der Waals surface area contributed by atoms with Gasteiger partial charge in [-0.15, -0.1) is 0 Å². The number of allylic oxidation sites excluding steroid dienone is 2. The number of rotatable bonds is 10. The number of alkyl halides is 3. The first kappa shape index (κ1) is 26.1. The van der Waals surface area contributed by atoms with E-state index in [9.17, 15) is 28.2 Å². The summed E-state index contributed by atoms with van der Waals surface area (Å²) in [5.74, 6) is -1.45.